The number of primary amides is 2. The van der Waals surface area contributed by atoms with Gasteiger partial charge in [0.05, 0.1) is 5.56 Å². The van der Waals surface area contributed by atoms with E-state index in [9.17, 15) is 9.59 Å². The first kappa shape index (κ1) is 11.8. The van der Waals surface area contributed by atoms with Crippen LogP contribution in [0.5, 0.6) is 0 Å². The number of benzene rings is 1. The molecule has 0 aliphatic carbocycles. The Morgan fingerprint density at radius 2 is 1.67 bits per heavy atom. The minimum absolute atomic E-state index is 0.0962. The molecule has 0 unspecified atom stereocenters. The van der Waals surface area contributed by atoms with Gasteiger partial charge in [0.25, 0.3) is 11.8 Å². The maximum atomic E-state index is 11.3. The fourth-order valence-corrected chi connectivity index (χ4v) is 1.64. The number of hydrogen-bond donors (Lipinski definition) is 2. The Bertz CT molecular complexity index is 609. The Labute approximate surface area is 103 Å². The van der Waals surface area contributed by atoms with Crippen LogP contribution in [0.15, 0.2) is 42.6 Å². The maximum absolute atomic E-state index is 11.3. The van der Waals surface area contributed by atoms with Crippen LogP contribution in [-0.4, -0.2) is 16.8 Å². The zero-order valence-electron chi connectivity index (χ0n) is 9.46. The van der Waals surface area contributed by atoms with Crippen LogP contribution in [0.1, 0.15) is 20.8 Å². The van der Waals surface area contributed by atoms with Crippen molar-refractivity contribution in [1.82, 2.24) is 4.98 Å². The Balaban J connectivity index is 2.65. The van der Waals surface area contributed by atoms with E-state index in [1.54, 1.807) is 0 Å². The molecule has 18 heavy (non-hydrogen) atoms. The Kier molecular flexibility index (Phi) is 3.05. The van der Waals surface area contributed by atoms with Gasteiger partial charge in [0.15, 0.2) is 0 Å². The van der Waals surface area contributed by atoms with Gasteiger partial charge in [-0.3, -0.25) is 14.6 Å². The van der Waals surface area contributed by atoms with Gasteiger partial charge in [-0.05, 0) is 17.2 Å². The molecule has 0 fully saturated rings. The molecule has 90 valence electrons. The van der Waals surface area contributed by atoms with Crippen molar-refractivity contribution in [3.05, 3.63) is 53.9 Å². The van der Waals surface area contributed by atoms with Crippen LogP contribution in [0.2, 0.25) is 0 Å². The van der Waals surface area contributed by atoms with Gasteiger partial charge in [-0.2, -0.15) is 0 Å². The highest BCUT2D eigenvalue weighted by molar-refractivity contribution is 6.01. The quantitative estimate of drug-likeness (QED) is 0.836. The highest BCUT2D eigenvalue weighted by Gasteiger charge is 2.13. The maximum Gasteiger partial charge on any atom is 0.267 e. The second-order valence-corrected chi connectivity index (χ2v) is 3.71. The summed E-state index contributed by atoms with van der Waals surface area (Å²) in [5.74, 6) is -1.25. The normalized spacial score (nSPS) is 10.0. The Morgan fingerprint density at radius 3 is 2.22 bits per heavy atom. The van der Waals surface area contributed by atoms with E-state index in [4.69, 9.17) is 11.5 Å². The predicted molar refractivity (Wildman–Crippen MR) is 66.7 cm³/mol. The summed E-state index contributed by atoms with van der Waals surface area (Å²) in [6.07, 6.45) is 1.27. The number of pyridine rings is 1. The molecule has 2 amide bonds. The number of nitrogens with two attached hydrogens (primary N) is 2. The zero-order valence-corrected chi connectivity index (χ0v) is 9.46. The van der Waals surface area contributed by atoms with Gasteiger partial charge in [-0.25, -0.2) is 0 Å². The zero-order chi connectivity index (χ0) is 13.1. The monoisotopic (exact) mass is 241 g/mol. The molecule has 0 bridgehead atoms. The lowest BCUT2D eigenvalue weighted by Gasteiger charge is -2.07. The molecule has 0 aliphatic rings. The topological polar surface area (TPSA) is 99.1 Å². The van der Waals surface area contributed by atoms with Crippen LogP contribution in [0.4, 0.5) is 0 Å². The molecule has 1 aromatic heterocycles. The summed E-state index contributed by atoms with van der Waals surface area (Å²) in [4.78, 5) is 26.3. The van der Waals surface area contributed by atoms with Gasteiger partial charge in [-0.1, -0.05) is 30.3 Å². The molecular weight excluding hydrogens is 230 g/mol. The van der Waals surface area contributed by atoms with Gasteiger partial charge < -0.3 is 11.5 Å². The molecule has 1 heterocycles. The molecule has 0 saturated heterocycles. The SMILES string of the molecule is NC(=O)c1cc(-c2ccccc2)c(C(N)=O)cn1. The predicted octanol–water partition coefficient (Wildman–Crippen LogP) is 0.946. The summed E-state index contributed by atoms with van der Waals surface area (Å²) >= 11 is 0. The number of amides is 2. The van der Waals surface area contributed by atoms with Crippen molar-refractivity contribution in [3.63, 3.8) is 0 Å². The lowest BCUT2D eigenvalue weighted by Crippen LogP contribution is -2.17. The van der Waals surface area contributed by atoms with Gasteiger partial charge in [0, 0.05) is 6.20 Å². The first-order valence-corrected chi connectivity index (χ1v) is 5.24. The number of hydrogen-bond acceptors (Lipinski definition) is 3. The Hall–Kier alpha value is -2.69. The van der Waals surface area contributed by atoms with Crippen molar-refractivity contribution < 1.29 is 9.59 Å². The molecule has 2 rings (SSSR count). The smallest absolute Gasteiger partial charge is 0.267 e. The van der Waals surface area contributed by atoms with Crippen LogP contribution >= 0.6 is 0 Å². The molecule has 0 radical (unpaired) electrons. The minimum Gasteiger partial charge on any atom is -0.366 e. The average molecular weight is 241 g/mol. The largest absolute Gasteiger partial charge is 0.366 e. The fraction of sp³-hybridized carbons (Fsp3) is 0. The fourth-order valence-electron chi connectivity index (χ4n) is 1.64. The van der Waals surface area contributed by atoms with Crippen LogP contribution < -0.4 is 11.5 Å². The van der Waals surface area contributed by atoms with E-state index in [1.165, 1.54) is 12.3 Å². The number of carbonyl (C=O) groups is 2. The molecule has 0 saturated carbocycles. The highest BCUT2D eigenvalue weighted by Crippen LogP contribution is 2.23. The minimum atomic E-state index is -0.650. The number of nitrogens with zero attached hydrogens (tertiary/aromatic N) is 1. The molecule has 0 aliphatic heterocycles. The molecule has 5 heteroatoms. The lowest BCUT2D eigenvalue weighted by atomic mass is 10.0. The summed E-state index contributed by atoms with van der Waals surface area (Å²) in [5, 5.41) is 0. The van der Waals surface area contributed by atoms with E-state index in [0.717, 1.165) is 5.56 Å². The van der Waals surface area contributed by atoms with E-state index in [0.29, 0.717) is 5.56 Å². The second kappa shape index (κ2) is 4.67. The summed E-state index contributed by atoms with van der Waals surface area (Å²) in [5.41, 5.74) is 12.1. The summed E-state index contributed by atoms with van der Waals surface area (Å²) < 4.78 is 0. The van der Waals surface area contributed by atoms with Crippen LogP contribution in [0.3, 0.4) is 0 Å². The van der Waals surface area contributed by atoms with Crippen LogP contribution in [0, 0.1) is 0 Å². The molecule has 5 nitrogen and oxygen atoms in total. The first-order chi connectivity index (χ1) is 8.59. The standard InChI is InChI=1S/C13H11N3O2/c14-12(17)10-7-16-11(13(15)18)6-9(10)8-4-2-1-3-5-8/h1-7H,(H2,14,17)(H2,15,18). The van der Waals surface area contributed by atoms with Crippen molar-refractivity contribution in [3.8, 4) is 11.1 Å². The number of aromatic nitrogens is 1. The average Bonchev–Trinajstić information content (AvgIpc) is 2.39. The van der Waals surface area contributed by atoms with E-state index in [1.807, 2.05) is 30.3 Å². The van der Waals surface area contributed by atoms with Crippen molar-refractivity contribution in [2.45, 2.75) is 0 Å². The molecule has 0 spiro atoms. The van der Waals surface area contributed by atoms with Crippen molar-refractivity contribution in [2.24, 2.45) is 11.5 Å². The van der Waals surface area contributed by atoms with Crippen molar-refractivity contribution in [2.75, 3.05) is 0 Å². The van der Waals surface area contributed by atoms with Gasteiger partial charge in [-0.15, -0.1) is 0 Å². The van der Waals surface area contributed by atoms with E-state index in [-0.39, 0.29) is 11.3 Å². The molecule has 4 N–H and O–H groups in total. The second-order valence-electron chi connectivity index (χ2n) is 3.71. The molecule has 2 aromatic rings. The number of carbonyl (C=O) groups excluding carboxylic acids is 2. The van der Waals surface area contributed by atoms with E-state index >= 15 is 0 Å². The summed E-state index contributed by atoms with van der Waals surface area (Å²) in [6, 6.07) is 10.6. The number of rotatable bonds is 3. The molecular formula is C13H11N3O2. The lowest BCUT2D eigenvalue weighted by molar-refractivity contribution is 0.0985. The highest BCUT2D eigenvalue weighted by atomic mass is 16.1. The van der Waals surface area contributed by atoms with Crippen LogP contribution in [0.25, 0.3) is 11.1 Å². The first-order valence-electron chi connectivity index (χ1n) is 5.24. The van der Waals surface area contributed by atoms with Gasteiger partial charge in [0.2, 0.25) is 0 Å². The van der Waals surface area contributed by atoms with Crippen molar-refractivity contribution in [1.29, 1.82) is 0 Å². The Morgan fingerprint density at radius 1 is 1.00 bits per heavy atom. The summed E-state index contributed by atoms with van der Waals surface area (Å²) in [7, 11) is 0. The van der Waals surface area contributed by atoms with E-state index < -0.39 is 11.8 Å². The third-order valence-electron chi connectivity index (χ3n) is 2.51. The van der Waals surface area contributed by atoms with E-state index in [2.05, 4.69) is 4.98 Å². The third kappa shape index (κ3) is 2.20. The van der Waals surface area contributed by atoms with Gasteiger partial charge >= 0.3 is 0 Å². The van der Waals surface area contributed by atoms with Crippen LogP contribution in [-0.2, 0) is 0 Å². The molecule has 0 atom stereocenters. The van der Waals surface area contributed by atoms with Gasteiger partial charge in [0.1, 0.15) is 5.69 Å². The third-order valence-corrected chi connectivity index (χ3v) is 2.51. The summed E-state index contributed by atoms with van der Waals surface area (Å²) in [6.45, 7) is 0. The van der Waals surface area contributed by atoms with Crippen molar-refractivity contribution >= 4 is 11.8 Å². The molecule has 1 aromatic carbocycles.